The second-order valence-corrected chi connectivity index (χ2v) is 24.3. The van der Waals surface area contributed by atoms with Crippen LogP contribution in [0.15, 0.2) is 72.0 Å². The van der Waals surface area contributed by atoms with Gasteiger partial charge in [0.1, 0.15) is 34.8 Å². The van der Waals surface area contributed by atoms with Gasteiger partial charge in [0, 0.05) is 118 Å². The van der Waals surface area contributed by atoms with E-state index in [-0.39, 0.29) is 80.6 Å². The Labute approximate surface area is 486 Å². The molecule has 2 saturated carbocycles. The van der Waals surface area contributed by atoms with Crippen molar-refractivity contribution >= 4 is 63.7 Å². The molecular formula is C62H73ClFN5O14. The van der Waals surface area contributed by atoms with E-state index in [9.17, 15) is 39.6 Å². The molecule has 19 nitrogen and oxygen atoms in total. The smallest absolute Gasteiger partial charge is 0.337 e. The number of phenolic OH excluding ortho intramolecular Hbond substituents is 1. The Bertz CT molecular complexity index is 3280. The van der Waals surface area contributed by atoms with Crippen molar-refractivity contribution in [1.82, 2.24) is 15.1 Å². The number of carbonyl (C=O) groups is 6. The summed E-state index contributed by atoms with van der Waals surface area (Å²) in [6.45, 7) is 18.6. The number of anilines is 2. The molecule has 2 saturated heterocycles. The first kappa shape index (κ1) is 59.3. The minimum Gasteiger partial charge on any atom is -0.507 e. The number of aromatic hydroxyl groups is 1. The van der Waals surface area contributed by atoms with E-state index in [2.05, 4.69) is 16.8 Å². The lowest BCUT2D eigenvalue weighted by Crippen LogP contribution is -2.55. The Kier molecular flexibility index (Phi) is 15.9. The van der Waals surface area contributed by atoms with Crippen molar-refractivity contribution in [3.63, 3.8) is 0 Å². The molecule has 0 aromatic heterocycles. The quantitative estimate of drug-likeness (QED) is 0.162. The number of rotatable bonds is 8. The SMILES string of the molecule is C=C1C(C(=O)O)=CN(C2CC2)c2c1cc(F)c(N1CCC(C3(N4CCN(C5=C6NC(=O)/C(C)=C\C=C\[C@H](C)[C@H](O)[C@@H](C)[C@@H](O)[C@@H](C)[C@H](OC(C)=O)[C@H](C)[C@@H](OC)/C=C/O[C@@]7(C)Oc8c(C)c(O)c(c(c8C7=O)C5=O)C6=O)CC4)CC3)C1)c2Cl. The van der Waals surface area contributed by atoms with Gasteiger partial charge in [0.05, 0.1) is 63.2 Å². The van der Waals surface area contributed by atoms with Gasteiger partial charge in [-0.25, -0.2) is 9.18 Å². The number of esters is 1. The molecular weight excluding hydrogens is 1090 g/mol. The largest absolute Gasteiger partial charge is 0.507 e. The average molecular weight is 1170 g/mol. The number of hydrogen-bond donors (Lipinski definition) is 5. The molecule has 2 aromatic carbocycles. The monoisotopic (exact) mass is 1170 g/mol. The number of hydrogen-bond acceptors (Lipinski definition) is 17. The molecule has 21 heteroatoms. The number of ether oxygens (including phenoxy) is 4. The molecule has 4 fully saturated rings. The number of fused-ring (bicyclic) bond motifs is 15. The molecule has 444 valence electrons. The number of benzene rings is 2. The highest BCUT2D eigenvalue weighted by molar-refractivity contribution is 6.37. The molecule has 2 aromatic rings. The molecule has 9 aliphatic rings. The van der Waals surface area contributed by atoms with E-state index in [1.165, 1.54) is 59.3 Å². The van der Waals surface area contributed by atoms with Gasteiger partial charge in [0.25, 0.3) is 11.7 Å². The van der Waals surface area contributed by atoms with Crippen LogP contribution in [0.5, 0.6) is 11.5 Å². The average Bonchev–Trinajstić information content (AvgIpc) is 2.11. The fraction of sp³-hybridized carbons (Fsp3) is 0.516. The zero-order chi connectivity index (χ0) is 60.0. The minimum absolute atomic E-state index is 0.00872. The third-order valence-corrected chi connectivity index (χ3v) is 19.1. The Balaban J connectivity index is 0.959. The fourth-order valence-corrected chi connectivity index (χ4v) is 13.9. The van der Waals surface area contributed by atoms with E-state index < -0.39 is 117 Å². The van der Waals surface area contributed by atoms with E-state index in [4.69, 9.17) is 30.5 Å². The number of allylic oxidation sites excluding steroid dienone is 4. The number of carboxylic acid groups (broad SMARTS) is 1. The minimum atomic E-state index is -2.15. The molecule has 0 radical (unpaired) electrons. The topological polar surface area (TPSA) is 245 Å². The Hall–Kier alpha value is -6.84. The van der Waals surface area contributed by atoms with Gasteiger partial charge >= 0.3 is 17.7 Å². The van der Waals surface area contributed by atoms with Gasteiger partial charge in [-0.2, -0.15) is 0 Å². The van der Waals surface area contributed by atoms with E-state index in [0.29, 0.717) is 37.4 Å². The Morgan fingerprint density at radius 2 is 1.58 bits per heavy atom. The van der Waals surface area contributed by atoms with Gasteiger partial charge in [0.2, 0.25) is 11.6 Å². The van der Waals surface area contributed by atoms with Crippen molar-refractivity contribution in [3.05, 3.63) is 111 Å². The normalized spacial score (nSPS) is 31.8. The Morgan fingerprint density at radius 1 is 0.892 bits per heavy atom. The number of halogens is 2. The number of aliphatic hydroxyl groups excluding tert-OH is 2. The molecule has 3 aliphatic carbocycles. The number of nitrogens with one attached hydrogen (secondary N) is 1. The summed E-state index contributed by atoms with van der Waals surface area (Å²) < 4.78 is 40.3. The first-order chi connectivity index (χ1) is 39.3. The third-order valence-electron chi connectivity index (χ3n) is 18.7. The predicted molar refractivity (Wildman–Crippen MR) is 305 cm³/mol. The molecule has 1 unspecified atom stereocenters. The fourth-order valence-electron chi connectivity index (χ4n) is 13.5. The van der Waals surface area contributed by atoms with Crippen molar-refractivity contribution < 1.29 is 72.5 Å². The zero-order valence-corrected chi connectivity index (χ0v) is 49.0. The number of carboxylic acids is 1. The first-order valence-electron chi connectivity index (χ1n) is 28.5. The highest BCUT2D eigenvalue weighted by Crippen LogP contribution is 2.55. The van der Waals surface area contributed by atoms with E-state index in [0.717, 1.165) is 32.1 Å². The number of nitrogens with zero attached hydrogens (tertiary/aromatic N) is 4. The van der Waals surface area contributed by atoms with Crippen LogP contribution in [0.3, 0.4) is 0 Å². The van der Waals surface area contributed by atoms with E-state index >= 15 is 14.0 Å². The first-order valence-corrected chi connectivity index (χ1v) is 28.9. The number of methoxy groups -OCH3 is 1. The van der Waals surface area contributed by atoms with Gasteiger partial charge in [-0.3, -0.25) is 28.9 Å². The highest BCUT2D eigenvalue weighted by atomic mass is 35.5. The number of piperazine rings is 1. The molecule has 5 N–H and O–H groups in total. The summed E-state index contributed by atoms with van der Waals surface area (Å²) in [6, 6.07) is 1.38. The maximum Gasteiger partial charge on any atom is 0.337 e. The summed E-state index contributed by atoms with van der Waals surface area (Å²) in [4.78, 5) is 92.4. The summed E-state index contributed by atoms with van der Waals surface area (Å²) >= 11 is 7.17. The molecule has 0 spiro atoms. The lowest BCUT2D eigenvalue weighted by Gasteiger charge is -2.44. The predicted octanol–water partition coefficient (Wildman–Crippen LogP) is 7.39. The van der Waals surface area contributed by atoms with Crippen molar-refractivity contribution in [2.75, 3.05) is 56.2 Å². The maximum atomic E-state index is 16.4. The highest BCUT2D eigenvalue weighted by Gasteiger charge is 2.57. The number of aliphatic carboxylic acids is 1. The van der Waals surface area contributed by atoms with Crippen molar-refractivity contribution in [3.8, 4) is 11.5 Å². The van der Waals surface area contributed by atoms with Crippen LogP contribution in [-0.4, -0.2) is 154 Å². The Morgan fingerprint density at radius 3 is 2.20 bits per heavy atom. The van der Waals surface area contributed by atoms with Crippen LogP contribution < -0.4 is 19.9 Å². The van der Waals surface area contributed by atoms with E-state index in [1.807, 2.05) is 9.80 Å². The van der Waals surface area contributed by atoms with E-state index in [1.54, 1.807) is 50.9 Å². The summed E-state index contributed by atoms with van der Waals surface area (Å²) in [5, 5.41) is 48.0. The van der Waals surface area contributed by atoms with Crippen molar-refractivity contribution in [2.45, 2.75) is 129 Å². The molecule has 83 heavy (non-hydrogen) atoms. The molecule has 5 bridgehead atoms. The second kappa shape index (κ2) is 22.3. The van der Waals surface area contributed by atoms with Crippen molar-refractivity contribution in [2.24, 2.45) is 29.6 Å². The number of phenols is 1. The maximum absolute atomic E-state index is 16.4. The van der Waals surface area contributed by atoms with Gasteiger partial charge in [-0.1, -0.05) is 64.1 Å². The summed E-state index contributed by atoms with van der Waals surface area (Å²) in [6.07, 6.45) is 8.96. The van der Waals surface area contributed by atoms with Crippen LogP contribution in [0, 0.1) is 42.3 Å². The number of carbonyl (C=O) groups excluding carboxylic acids is 5. The lowest BCUT2D eigenvalue weighted by molar-refractivity contribution is -0.160. The standard InChI is InChI=1S/C62H73ClFN5O14/c1-29-12-11-13-30(2)59(77)65-47-50(66-21-23-68(24-22-66)62(18-19-62)37-16-20-67(27-37)49-41(64)26-39-31(3)40(60(78)79)28-69(38-14-15-38)48(39)46(49)63)55(75)43-44(54(47)74)53(73)35(7)57-45(43)58(76)61(9,83-57)81-25-17-42(80-10)32(4)56(82-36(8)70)34(6)52(72)33(5)51(29)71/h11-13,17,25-26,28-29,32-34,37-38,42,51-52,56,71-73H,3,14-16,18-24,27H2,1-2,4-10H3,(H,65,77)(H,78,79)/b12-11+,25-17+,30-13-/t29-,32+,33+,34+,37?,42-,51-,52+,56+,61-/m0/s1. The van der Waals surface area contributed by atoms with Gasteiger partial charge in [-0.15, -0.1) is 0 Å². The zero-order valence-electron chi connectivity index (χ0n) is 48.2. The van der Waals surface area contributed by atoms with Crippen LogP contribution in [0.1, 0.15) is 123 Å². The molecule has 6 heterocycles. The molecule has 1 amide bonds. The summed E-state index contributed by atoms with van der Waals surface area (Å²) in [7, 11) is 1.42. The number of amides is 1. The molecule has 6 aliphatic heterocycles. The van der Waals surface area contributed by atoms with Gasteiger partial charge in [-0.05, 0) is 69.6 Å². The number of ketones is 3. The van der Waals surface area contributed by atoms with Gasteiger partial charge < -0.3 is 59.4 Å². The van der Waals surface area contributed by atoms with Gasteiger partial charge in [0.15, 0.2) is 0 Å². The number of Topliss-reactive ketones (excluding diaryl/α,β-unsaturated/α-hetero) is 3. The van der Waals surface area contributed by atoms with Crippen LogP contribution in [0.2, 0.25) is 5.02 Å². The second-order valence-electron chi connectivity index (χ2n) is 23.9. The number of aliphatic hydroxyl groups is 2. The van der Waals surface area contributed by atoms with Crippen LogP contribution in [-0.2, 0) is 28.6 Å². The van der Waals surface area contributed by atoms with Crippen LogP contribution in [0.25, 0.3) is 5.57 Å². The summed E-state index contributed by atoms with van der Waals surface area (Å²) in [5.41, 5.74) is -0.589. The van der Waals surface area contributed by atoms with Crippen LogP contribution in [0.4, 0.5) is 15.8 Å². The summed E-state index contributed by atoms with van der Waals surface area (Å²) in [5.74, 6) is -11.2. The van der Waals surface area contributed by atoms with Crippen LogP contribution >= 0.6 is 11.6 Å². The molecule has 11 rings (SSSR count). The third kappa shape index (κ3) is 10.2. The van der Waals surface area contributed by atoms with Crippen molar-refractivity contribution in [1.29, 1.82) is 0 Å². The lowest BCUT2D eigenvalue weighted by atomic mass is 9.78. The molecule has 10 atom stereocenters.